The van der Waals surface area contributed by atoms with Crippen LogP contribution in [0.3, 0.4) is 0 Å². The van der Waals surface area contributed by atoms with Gasteiger partial charge >= 0.3 is 0 Å². The standard InChI is InChI=1S/C21H25NO3/c1-5-24-18-9-10-21(25-6-2)19(14-18)22-12-11-20(23)17-8-7-15(3)16(4)13-17/h7-14,22H,5-6H2,1-4H3. The molecule has 0 bridgehead atoms. The number of hydrogen-bond donors (Lipinski definition) is 1. The van der Waals surface area contributed by atoms with Crippen LogP contribution in [0.15, 0.2) is 48.7 Å². The highest BCUT2D eigenvalue weighted by molar-refractivity contribution is 6.04. The topological polar surface area (TPSA) is 47.6 Å². The van der Waals surface area contributed by atoms with E-state index in [1.807, 2.05) is 64.1 Å². The third kappa shape index (κ3) is 5.11. The van der Waals surface area contributed by atoms with Crippen molar-refractivity contribution in [3.05, 3.63) is 65.4 Å². The molecule has 132 valence electrons. The van der Waals surface area contributed by atoms with Crippen molar-refractivity contribution in [3.63, 3.8) is 0 Å². The molecule has 2 aromatic carbocycles. The Morgan fingerprint density at radius 2 is 1.76 bits per heavy atom. The smallest absolute Gasteiger partial charge is 0.187 e. The SMILES string of the molecule is CCOc1ccc(OCC)c(NC=CC(=O)c2ccc(C)c(C)c2)c1. The highest BCUT2D eigenvalue weighted by Gasteiger charge is 2.06. The van der Waals surface area contributed by atoms with Gasteiger partial charge in [-0.2, -0.15) is 0 Å². The summed E-state index contributed by atoms with van der Waals surface area (Å²) in [4.78, 5) is 12.3. The van der Waals surface area contributed by atoms with Crippen LogP contribution in [0.1, 0.15) is 35.3 Å². The minimum atomic E-state index is -0.0467. The number of carbonyl (C=O) groups excluding carboxylic acids is 1. The molecule has 0 heterocycles. The first-order valence-electron chi connectivity index (χ1n) is 8.49. The molecule has 0 aliphatic carbocycles. The highest BCUT2D eigenvalue weighted by Crippen LogP contribution is 2.29. The summed E-state index contributed by atoms with van der Waals surface area (Å²) >= 11 is 0. The van der Waals surface area contributed by atoms with E-state index in [-0.39, 0.29) is 5.78 Å². The molecule has 0 aliphatic rings. The molecule has 0 aliphatic heterocycles. The quantitative estimate of drug-likeness (QED) is 0.548. The summed E-state index contributed by atoms with van der Waals surface area (Å²) in [6, 6.07) is 11.3. The number of anilines is 1. The molecule has 0 amide bonds. The van der Waals surface area contributed by atoms with Crippen LogP contribution in [0.5, 0.6) is 11.5 Å². The van der Waals surface area contributed by atoms with Crippen molar-refractivity contribution in [1.82, 2.24) is 0 Å². The predicted molar refractivity (Wildman–Crippen MR) is 102 cm³/mol. The summed E-state index contributed by atoms with van der Waals surface area (Å²) in [7, 11) is 0. The lowest BCUT2D eigenvalue weighted by atomic mass is 10.0. The zero-order chi connectivity index (χ0) is 18.2. The van der Waals surface area contributed by atoms with Gasteiger partial charge in [0.1, 0.15) is 11.5 Å². The molecule has 0 saturated carbocycles. The van der Waals surface area contributed by atoms with E-state index in [1.54, 1.807) is 6.20 Å². The maximum atomic E-state index is 12.3. The van der Waals surface area contributed by atoms with Crippen LogP contribution in [0.4, 0.5) is 5.69 Å². The Bertz CT molecular complexity index is 766. The number of ketones is 1. The number of allylic oxidation sites excluding steroid dienone is 1. The summed E-state index contributed by atoms with van der Waals surface area (Å²) < 4.78 is 11.1. The van der Waals surface area contributed by atoms with Crippen molar-refractivity contribution >= 4 is 11.5 Å². The Balaban J connectivity index is 2.12. The molecule has 1 N–H and O–H groups in total. The first-order valence-corrected chi connectivity index (χ1v) is 8.49. The van der Waals surface area contributed by atoms with Crippen molar-refractivity contribution in [2.45, 2.75) is 27.7 Å². The molecule has 4 heteroatoms. The molecule has 0 radical (unpaired) electrons. The average Bonchev–Trinajstić information content (AvgIpc) is 2.59. The molecule has 0 aromatic heterocycles. The van der Waals surface area contributed by atoms with Gasteiger partial charge in [-0.3, -0.25) is 4.79 Å². The number of benzene rings is 2. The lowest BCUT2D eigenvalue weighted by Gasteiger charge is -2.12. The molecule has 25 heavy (non-hydrogen) atoms. The lowest BCUT2D eigenvalue weighted by molar-refractivity contribution is 0.104. The molecular weight excluding hydrogens is 314 g/mol. The zero-order valence-electron chi connectivity index (χ0n) is 15.3. The zero-order valence-corrected chi connectivity index (χ0v) is 15.3. The lowest BCUT2D eigenvalue weighted by Crippen LogP contribution is -2.00. The molecule has 0 atom stereocenters. The van der Waals surface area contributed by atoms with Crippen LogP contribution in [-0.2, 0) is 0 Å². The van der Waals surface area contributed by atoms with Gasteiger partial charge in [-0.25, -0.2) is 0 Å². The second kappa shape index (κ2) is 8.92. The Labute approximate surface area is 149 Å². The number of carbonyl (C=O) groups is 1. The summed E-state index contributed by atoms with van der Waals surface area (Å²) in [5, 5.41) is 3.12. The van der Waals surface area contributed by atoms with E-state index in [0.29, 0.717) is 24.5 Å². The van der Waals surface area contributed by atoms with Crippen molar-refractivity contribution in [2.24, 2.45) is 0 Å². The molecular formula is C21H25NO3. The van der Waals surface area contributed by atoms with Gasteiger partial charge < -0.3 is 14.8 Å². The Morgan fingerprint density at radius 3 is 2.44 bits per heavy atom. The van der Waals surface area contributed by atoms with Crippen LogP contribution in [0.25, 0.3) is 0 Å². The minimum absolute atomic E-state index is 0.0467. The third-order valence-corrected chi connectivity index (χ3v) is 3.83. The fourth-order valence-corrected chi connectivity index (χ4v) is 2.36. The summed E-state index contributed by atoms with van der Waals surface area (Å²) in [6.45, 7) is 9.05. The maximum absolute atomic E-state index is 12.3. The normalized spacial score (nSPS) is 10.7. The summed E-state index contributed by atoms with van der Waals surface area (Å²) in [6.07, 6.45) is 3.15. The van der Waals surface area contributed by atoms with Crippen LogP contribution in [-0.4, -0.2) is 19.0 Å². The van der Waals surface area contributed by atoms with Crippen molar-refractivity contribution in [3.8, 4) is 11.5 Å². The predicted octanol–water partition coefficient (Wildman–Crippen LogP) is 4.91. The van der Waals surface area contributed by atoms with Gasteiger partial charge in [0.25, 0.3) is 0 Å². The van der Waals surface area contributed by atoms with E-state index in [9.17, 15) is 4.79 Å². The monoisotopic (exact) mass is 339 g/mol. The first kappa shape index (κ1) is 18.6. The second-order valence-electron chi connectivity index (χ2n) is 5.66. The van der Waals surface area contributed by atoms with E-state index < -0.39 is 0 Å². The van der Waals surface area contributed by atoms with Gasteiger partial charge in [0, 0.05) is 23.9 Å². The molecule has 0 unspecified atom stereocenters. The van der Waals surface area contributed by atoms with E-state index >= 15 is 0 Å². The largest absolute Gasteiger partial charge is 0.494 e. The van der Waals surface area contributed by atoms with Crippen LogP contribution in [0.2, 0.25) is 0 Å². The molecule has 2 rings (SSSR count). The van der Waals surface area contributed by atoms with Crippen molar-refractivity contribution in [1.29, 1.82) is 0 Å². The van der Waals surface area contributed by atoms with Gasteiger partial charge in [0.05, 0.1) is 18.9 Å². The molecule has 0 saturated heterocycles. The van der Waals surface area contributed by atoms with Crippen molar-refractivity contribution < 1.29 is 14.3 Å². The summed E-state index contributed by atoms with van der Waals surface area (Å²) in [5.41, 5.74) is 3.72. The second-order valence-corrected chi connectivity index (χ2v) is 5.66. The van der Waals surface area contributed by atoms with Crippen LogP contribution in [0, 0.1) is 13.8 Å². The number of rotatable bonds is 8. The maximum Gasteiger partial charge on any atom is 0.187 e. The van der Waals surface area contributed by atoms with Crippen LogP contribution < -0.4 is 14.8 Å². The van der Waals surface area contributed by atoms with Crippen LogP contribution >= 0.6 is 0 Å². The highest BCUT2D eigenvalue weighted by atomic mass is 16.5. The third-order valence-electron chi connectivity index (χ3n) is 3.83. The summed E-state index contributed by atoms with van der Waals surface area (Å²) in [5.74, 6) is 1.42. The average molecular weight is 339 g/mol. The van der Waals surface area contributed by atoms with Gasteiger partial charge in [-0.1, -0.05) is 12.1 Å². The molecule has 0 spiro atoms. The first-order chi connectivity index (χ1) is 12.0. The fraction of sp³-hybridized carbons (Fsp3) is 0.286. The van der Waals surface area contributed by atoms with Gasteiger partial charge in [0.2, 0.25) is 0 Å². The number of nitrogens with one attached hydrogen (secondary N) is 1. The van der Waals surface area contributed by atoms with E-state index in [4.69, 9.17) is 9.47 Å². The number of hydrogen-bond acceptors (Lipinski definition) is 4. The molecule has 0 fully saturated rings. The minimum Gasteiger partial charge on any atom is -0.494 e. The van der Waals surface area contributed by atoms with Gasteiger partial charge in [-0.15, -0.1) is 0 Å². The van der Waals surface area contributed by atoms with Gasteiger partial charge in [0.15, 0.2) is 5.78 Å². The number of aryl methyl sites for hydroxylation is 2. The fourth-order valence-electron chi connectivity index (χ4n) is 2.36. The van der Waals surface area contributed by atoms with E-state index in [2.05, 4.69) is 5.32 Å². The Morgan fingerprint density at radius 1 is 1.00 bits per heavy atom. The Hall–Kier alpha value is -2.75. The van der Waals surface area contributed by atoms with Gasteiger partial charge in [-0.05, 0) is 57.0 Å². The molecule has 4 nitrogen and oxygen atoms in total. The van der Waals surface area contributed by atoms with E-state index in [1.165, 1.54) is 11.6 Å². The number of ether oxygens (including phenoxy) is 2. The van der Waals surface area contributed by atoms with E-state index in [0.717, 1.165) is 17.0 Å². The Kier molecular flexibility index (Phi) is 6.63. The van der Waals surface area contributed by atoms with Crippen molar-refractivity contribution in [2.75, 3.05) is 18.5 Å². The molecule has 2 aromatic rings.